The van der Waals surface area contributed by atoms with Gasteiger partial charge < -0.3 is 5.32 Å². The first kappa shape index (κ1) is 11.8. The maximum Gasteiger partial charge on any atom is 0.233 e. The van der Waals surface area contributed by atoms with E-state index in [1.807, 2.05) is 0 Å². The molecule has 0 saturated heterocycles. The molecule has 0 aromatic heterocycles. The second-order valence-electron chi connectivity index (χ2n) is 4.45. The Morgan fingerprint density at radius 2 is 1.88 bits per heavy atom. The van der Waals surface area contributed by atoms with Crippen molar-refractivity contribution in [1.29, 1.82) is 0 Å². The molecule has 0 spiro atoms. The monoisotopic (exact) mass is 235 g/mol. The van der Waals surface area contributed by atoms with E-state index in [2.05, 4.69) is 5.32 Å². The molecule has 2 rings (SSSR count). The Kier molecular flexibility index (Phi) is 2.96. The van der Waals surface area contributed by atoms with Gasteiger partial charge in [-0.15, -0.1) is 0 Å². The Labute approximate surface area is 99.0 Å². The minimum atomic E-state index is -0.778. The Morgan fingerprint density at radius 1 is 1.29 bits per heavy atom. The van der Waals surface area contributed by atoms with Gasteiger partial charge in [-0.2, -0.15) is 0 Å². The number of nitrogens with one attached hydrogen (secondary N) is 1. The van der Waals surface area contributed by atoms with Gasteiger partial charge in [0.1, 0.15) is 17.0 Å². The number of Topliss-reactive ketones (excluding diaryl/α,β-unsaturated/α-hetero) is 1. The van der Waals surface area contributed by atoms with E-state index in [4.69, 9.17) is 0 Å². The molecule has 3 nitrogen and oxygen atoms in total. The molecule has 0 unspecified atom stereocenters. The fraction of sp³-hybridized carbons (Fsp3) is 0.385. The largest absolute Gasteiger partial charge is 0.351 e. The van der Waals surface area contributed by atoms with Crippen molar-refractivity contribution < 1.29 is 14.0 Å². The van der Waals surface area contributed by atoms with Crippen molar-refractivity contribution in [3.63, 3.8) is 0 Å². The Hall–Kier alpha value is -1.71. The van der Waals surface area contributed by atoms with Gasteiger partial charge >= 0.3 is 0 Å². The summed E-state index contributed by atoms with van der Waals surface area (Å²) in [5.41, 5.74) is 0.0409. The van der Waals surface area contributed by atoms with E-state index in [1.165, 1.54) is 19.1 Å². The third-order valence-corrected chi connectivity index (χ3v) is 3.22. The summed E-state index contributed by atoms with van der Waals surface area (Å²) < 4.78 is 12.7. The van der Waals surface area contributed by atoms with Crippen molar-refractivity contribution in [3.8, 4) is 0 Å². The highest BCUT2D eigenvalue weighted by molar-refractivity contribution is 6.07. The van der Waals surface area contributed by atoms with Crippen LogP contribution in [-0.2, 0) is 16.1 Å². The van der Waals surface area contributed by atoms with E-state index in [0.29, 0.717) is 19.4 Å². The predicted molar refractivity (Wildman–Crippen MR) is 60.6 cm³/mol. The molecule has 4 heteroatoms. The van der Waals surface area contributed by atoms with Crippen molar-refractivity contribution in [1.82, 2.24) is 5.32 Å². The lowest BCUT2D eigenvalue weighted by Gasteiger charge is -2.11. The van der Waals surface area contributed by atoms with Crippen LogP contribution in [0.4, 0.5) is 4.39 Å². The summed E-state index contributed by atoms with van der Waals surface area (Å²) in [7, 11) is 0. The molecule has 0 bridgehead atoms. The van der Waals surface area contributed by atoms with E-state index in [9.17, 15) is 14.0 Å². The highest BCUT2D eigenvalue weighted by Crippen LogP contribution is 2.46. The van der Waals surface area contributed by atoms with Gasteiger partial charge in [-0.05, 0) is 37.5 Å². The van der Waals surface area contributed by atoms with Crippen molar-refractivity contribution in [3.05, 3.63) is 35.6 Å². The van der Waals surface area contributed by atoms with Crippen LogP contribution in [0.25, 0.3) is 0 Å². The highest BCUT2D eigenvalue weighted by atomic mass is 19.1. The summed E-state index contributed by atoms with van der Waals surface area (Å²) in [5.74, 6) is -0.592. The molecular formula is C13H14FNO2. The molecule has 0 radical (unpaired) electrons. The Morgan fingerprint density at radius 3 is 2.35 bits per heavy atom. The van der Waals surface area contributed by atoms with Crippen molar-refractivity contribution in [2.45, 2.75) is 26.3 Å². The standard InChI is InChI=1S/C13H14FNO2/c1-9(16)13(6-7-13)12(17)15-8-10-2-4-11(14)5-3-10/h2-5H,6-8H2,1H3,(H,15,17). The molecule has 0 aliphatic heterocycles. The van der Waals surface area contributed by atoms with Crippen molar-refractivity contribution in [2.24, 2.45) is 5.41 Å². The number of ketones is 1. The summed E-state index contributed by atoms with van der Waals surface area (Å²) in [6.45, 7) is 1.78. The van der Waals surface area contributed by atoms with Gasteiger partial charge in [-0.25, -0.2) is 4.39 Å². The maximum absolute atomic E-state index is 12.7. The number of hydrogen-bond acceptors (Lipinski definition) is 2. The number of hydrogen-bond donors (Lipinski definition) is 1. The van der Waals surface area contributed by atoms with Gasteiger partial charge in [0.15, 0.2) is 0 Å². The molecule has 17 heavy (non-hydrogen) atoms. The average Bonchev–Trinajstić information content (AvgIpc) is 3.09. The smallest absolute Gasteiger partial charge is 0.233 e. The number of benzene rings is 1. The van der Waals surface area contributed by atoms with E-state index in [1.54, 1.807) is 12.1 Å². The minimum Gasteiger partial charge on any atom is -0.351 e. The number of amides is 1. The van der Waals surface area contributed by atoms with Gasteiger partial charge in [0.05, 0.1) is 0 Å². The number of rotatable bonds is 4. The summed E-state index contributed by atoms with van der Waals surface area (Å²) in [6, 6.07) is 5.92. The maximum atomic E-state index is 12.7. The zero-order chi connectivity index (χ0) is 12.5. The highest BCUT2D eigenvalue weighted by Gasteiger charge is 2.53. The quantitative estimate of drug-likeness (QED) is 0.809. The Balaban J connectivity index is 1.93. The third-order valence-electron chi connectivity index (χ3n) is 3.22. The summed E-state index contributed by atoms with van der Waals surface area (Å²) in [4.78, 5) is 23.1. The summed E-state index contributed by atoms with van der Waals surface area (Å²) in [6.07, 6.45) is 1.27. The number of carbonyl (C=O) groups excluding carboxylic acids is 2. The van der Waals surface area contributed by atoms with Crippen LogP contribution in [0.3, 0.4) is 0 Å². The first-order valence-electron chi connectivity index (χ1n) is 5.58. The second kappa shape index (κ2) is 4.28. The van der Waals surface area contributed by atoms with Crippen LogP contribution in [0.15, 0.2) is 24.3 Å². The van der Waals surface area contributed by atoms with Crippen LogP contribution in [0, 0.1) is 11.2 Å². The normalized spacial score (nSPS) is 16.4. The molecule has 0 atom stereocenters. The van der Waals surface area contributed by atoms with Crippen molar-refractivity contribution in [2.75, 3.05) is 0 Å². The van der Waals surface area contributed by atoms with Gasteiger partial charge in [-0.1, -0.05) is 12.1 Å². The van der Waals surface area contributed by atoms with Gasteiger partial charge in [0.2, 0.25) is 5.91 Å². The molecule has 1 fully saturated rings. The molecule has 1 saturated carbocycles. The molecule has 1 N–H and O–H groups in total. The van der Waals surface area contributed by atoms with E-state index >= 15 is 0 Å². The lowest BCUT2D eigenvalue weighted by Crippen LogP contribution is -2.35. The zero-order valence-corrected chi connectivity index (χ0v) is 9.63. The SMILES string of the molecule is CC(=O)C1(C(=O)NCc2ccc(F)cc2)CC1. The van der Waals surface area contributed by atoms with Gasteiger partial charge in [0.25, 0.3) is 0 Å². The molecule has 0 heterocycles. The molecule has 90 valence electrons. The van der Waals surface area contributed by atoms with Crippen LogP contribution >= 0.6 is 0 Å². The predicted octanol–water partition coefficient (Wildman–Crippen LogP) is 1.81. The fourth-order valence-corrected chi connectivity index (χ4v) is 1.82. The molecular weight excluding hydrogens is 221 g/mol. The topological polar surface area (TPSA) is 46.2 Å². The fourth-order valence-electron chi connectivity index (χ4n) is 1.82. The van der Waals surface area contributed by atoms with Gasteiger partial charge in [0, 0.05) is 6.54 Å². The Bertz CT molecular complexity index is 449. The van der Waals surface area contributed by atoms with Crippen LogP contribution < -0.4 is 5.32 Å². The van der Waals surface area contributed by atoms with Crippen LogP contribution in [0.1, 0.15) is 25.3 Å². The van der Waals surface area contributed by atoms with E-state index in [-0.39, 0.29) is 17.5 Å². The molecule has 1 amide bonds. The lowest BCUT2D eigenvalue weighted by atomic mass is 10.0. The summed E-state index contributed by atoms with van der Waals surface area (Å²) >= 11 is 0. The second-order valence-corrected chi connectivity index (χ2v) is 4.45. The first-order chi connectivity index (χ1) is 8.04. The van der Waals surface area contributed by atoms with Crippen LogP contribution in [-0.4, -0.2) is 11.7 Å². The summed E-state index contributed by atoms with van der Waals surface area (Å²) in [5, 5.41) is 2.72. The average molecular weight is 235 g/mol. The third kappa shape index (κ3) is 2.35. The van der Waals surface area contributed by atoms with Crippen molar-refractivity contribution >= 4 is 11.7 Å². The molecule has 1 aliphatic rings. The van der Waals surface area contributed by atoms with Crippen LogP contribution in [0.5, 0.6) is 0 Å². The molecule has 1 aliphatic carbocycles. The zero-order valence-electron chi connectivity index (χ0n) is 9.63. The van der Waals surface area contributed by atoms with E-state index < -0.39 is 5.41 Å². The lowest BCUT2D eigenvalue weighted by molar-refractivity contribution is -0.134. The minimum absolute atomic E-state index is 0.0749. The number of halogens is 1. The number of carbonyl (C=O) groups is 2. The molecule has 1 aromatic rings. The molecule has 1 aromatic carbocycles. The van der Waals surface area contributed by atoms with Gasteiger partial charge in [-0.3, -0.25) is 9.59 Å². The van der Waals surface area contributed by atoms with Crippen LogP contribution in [0.2, 0.25) is 0 Å². The van der Waals surface area contributed by atoms with E-state index in [0.717, 1.165) is 5.56 Å². The first-order valence-corrected chi connectivity index (χ1v) is 5.58.